The van der Waals surface area contributed by atoms with Crippen molar-refractivity contribution in [3.63, 3.8) is 0 Å². The van der Waals surface area contributed by atoms with Gasteiger partial charge in [0.2, 0.25) is 5.91 Å². The van der Waals surface area contributed by atoms with E-state index in [0.717, 1.165) is 0 Å². The summed E-state index contributed by atoms with van der Waals surface area (Å²) in [5.41, 5.74) is 0. The molecule has 2 rings (SSSR count). The van der Waals surface area contributed by atoms with E-state index in [9.17, 15) is 9.59 Å². The van der Waals surface area contributed by atoms with Gasteiger partial charge in [-0.05, 0) is 18.1 Å². The van der Waals surface area contributed by atoms with Crippen LogP contribution in [0.4, 0.5) is 4.79 Å². The van der Waals surface area contributed by atoms with Gasteiger partial charge < -0.3 is 19.7 Å². The zero-order valence-corrected chi connectivity index (χ0v) is 13.0. The Hall–Kier alpha value is -2.08. The number of para-hydroxylation sites is 1. The molecule has 0 aliphatic carbocycles. The van der Waals surface area contributed by atoms with Crippen LogP contribution >= 0.6 is 0 Å². The van der Waals surface area contributed by atoms with Gasteiger partial charge in [0.1, 0.15) is 11.8 Å². The van der Waals surface area contributed by atoms with Crippen LogP contribution in [0, 0.1) is 5.92 Å². The molecule has 0 saturated carbocycles. The molecular formula is C16H22N2O4. The second-order valence-corrected chi connectivity index (χ2v) is 5.51. The Morgan fingerprint density at radius 3 is 2.41 bits per heavy atom. The molecule has 6 heteroatoms. The summed E-state index contributed by atoms with van der Waals surface area (Å²) in [7, 11) is 0. The predicted molar refractivity (Wildman–Crippen MR) is 81.6 cm³/mol. The van der Waals surface area contributed by atoms with E-state index in [1.165, 1.54) is 0 Å². The van der Waals surface area contributed by atoms with Crippen LogP contribution in [-0.4, -0.2) is 49.2 Å². The fourth-order valence-corrected chi connectivity index (χ4v) is 2.25. The Morgan fingerprint density at radius 2 is 1.82 bits per heavy atom. The van der Waals surface area contributed by atoms with Gasteiger partial charge in [-0.2, -0.15) is 0 Å². The highest BCUT2D eigenvalue weighted by molar-refractivity contribution is 5.86. The first-order valence-corrected chi connectivity index (χ1v) is 7.48. The van der Waals surface area contributed by atoms with Crippen LogP contribution in [0.1, 0.15) is 13.8 Å². The molecule has 0 spiro atoms. The van der Waals surface area contributed by atoms with E-state index < -0.39 is 12.1 Å². The number of morpholine rings is 1. The van der Waals surface area contributed by atoms with Crippen molar-refractivity contribution in [2.75, 3.05) is 26.3 Å². The summed E-state index contributed by atoms with van der Waals surface area (Å²) >= 11 is 0. The van der Waals surface area contributed by atoms with E-state index in [4.69, 9.17) is 9.47 Å². The first kappa shape index (κ1) is 16.3. The molecule has 22 heavy (non-hydrogen) atoms. The van der Waals surface area contributed by atoms with Gasteiger partial charge in [-0.25, -0.2) is 4.79 Å². The molecule has 6 nitrogen and oxygen atoms in total. The number of ether oxygens (including phenoxy) is 2. The molecule has 0 bridgehead atoms. The number of rotatable bonds is 4. The molecule has 2 amide bonds. The van der Waals surface area contributed by atoms with E-state index in [1.807, 2.05) is 19.9 Å². The Balaban J connectivity index is 1.95. The third-order valence-electron chi connectivity index (χ3n) is 3.48. The first-order valence-electron chi connectivity index (χ1n) is 7.48. The highest BCUT2D eigenvalue weighted by Gasteiger charge is 2.30. The molecule has 0 unspecified atom stereocenters. The standard InChI is InChI=1S/C16H22N2O4/c1-12(2)14(15(19)18-8-10-21-11-9-18)17-16(20)22-13-6-4-3-5-7-13/h3-7,12,14H,8-11H2,1-2H3,(H,17,20)/t14-/m1/s1. The minimum atomic E-state index is -0.619. The molecule has 0 aromatic heterocycles. The van der Waals surface area contributed by atoms with Crippen LogP contribution in [0.25, 0.3) is 0 Å². The Morgan fingerprint density at radius 1 is 1.18 bits per heavy atom. The molecule has 1 saturated heterocycles. The van der Waals surface area contributed by atoms with Gasteiger partial charge in [0.05, 0.1) is 13.2 Å². The number of hydrogen-bond acceptors (Lipinski definition) is 4. The number of hydrogen-bond donors (Lipinski definition) is 1. The second kappa shape index (κ2) is 7.79. The molecule has 1 N–H and O–H groups in total. The molecular weight excluding hydrogens is 284 g/mol. The number of carbonyl (C=O) groups excluding carboxylic acids is 2. The summed E-state index contributed by atoms with van der Waals surface area (Å²) in [6.45, 7) is 5.96. The Bertz CT molecular complexity index is 498. The van der Waals surface area contributed by atoms with Crippen molar-refractivity contribution in [3.8, 4) is 5.75 Å². The zero-order valence-electron chi connectivity index (χ0n) is 13.0. The zero-order chi connectivity index (χ0) is 15.9. The van der Waals surface area contributed by atoms with Crippen molar-refractivity contribution < 1.29 is 19.1 Å². The van der Waals surface area contributed by atoms with Crippen molar-refractivity contribution in [2.24, 2.45) is 5.92 Å². The highest BCUT2D eigenvalue weighted by Crippen LogP contribution is 2.11. The Labute approximate surface area is 130 Å². The minimum absolute atomic E-state index is 0.0290. The van der Waals surface area contributed by atoms with Gasteiger partial charge in [-0.3, -0.25) is 4.79 Å². The summed E-state index contributed by atoms with van der Waals surface area (Å²) in [5.74, 6) is 0.323. The molecule has 1 heterocycles. The molecule has 120 valence electrons. The minimum Gasteiger partial charge on any atom is -0.410 e. The van der Waals surface area contributed by atoms with Crippen LogP contribution in [0.2, 0.25) is 0 Å². The van der Waals surface area contributed by atoms with Gasteiger partial charge in [0.25, 0.3) is 0 Å². The lowest BCUT2D eigenvalue weighted by Crippen LogP contribution is -2.54. The third kappa shape index (κ3) is 4.46. The lowest BCUT2D eigenvalue weighted by molar-refractivity contribution is -0.138. The Kier molecular flexibility index (Phi) is 5.77. The van der Waals surface area contributed by atoms with E-state index in [-0.39, 0.29) is 11.8 Å². The van der Waals surface area contributed by atoms with Crippen LogP contribution in [0.3, 0.4) is 0 Å². The highest BCUT2D eigenvalue weighted by atomic mass is 16.6. The van der Waals surface area contributed by atoms with Crippen LogP contribution in [0.5, 0.6) is 5.75 Å². The van der Waals surface area contributed by atoms with Crippen molar-refractivity contribution in [1.82, 2.24) is 10.2 Å². The van der Waals surface area contributed by atoms with Gasteiger partial charge in [-0.1, -0.05) is 32.0 Å². The number of benzene rings is 1. The summed E-state index contributed by atoms with van der Waals surface area (Å²) < 4.78 is 10.4. The number of nitrogens with one attached hydrogen (secondary N) is 1. The van der Waals surface area contributed by atoms with Gasteiger partial charge in [-0.15, -0.1) is 0 Å². The normalized spacial score (nSPS) is 16.2. The van der Waals surface area contributed by atoms with E-state index in [1.54, 1.807) is 29.2 Å². The lowest BCUT2D eigenvalue weighted by Gasteiger charge is -2.32. The molecule has 1 atom stereocenters. The first-order chi connectivity index (χ1) is 10.6. The average Bonchev–Trinajstić information content (AvgIpc) is 2.53. The van der Waals surface area contributed by atoms with Gasteiger partial charge in [0.15, 0.2) is 0 Å². The summed E-state index contributed by atoms with van der Waals surface area (Å²) in [6, 6.07) is 8.17. The smallest absolute Gasteiger partial charge is 0.410 e. The van der Waals surface area contributed by atoms with Gasteiger partial charge in [0, 0.05) is 13.1 Å². The second-order valence-electron chi connectivity index (χ2n) is 5.51. The molecule has 1 aliphatic heterocycles. The summed E-state index contributed by atoms with van der Waals surface area (Å²) in [4.78, 5) is 26.2. The predicted octanol–water partition coefficient (Wildman–Crippen LogP) is 1.66. The maximum atomic E-state index is 12.5. The van der Waals surface area contributed by atoms with Crippen LogP contribution in [0.15, 0.2) is 30.3 Å². The van der Waals surface area contributed by atoms with Crippen LogP contribution in [-0.2, 0) is 9.53 Å². The maximum Gasteiger partial charge on any atom is 0.413 e. The third-order valence-corrected chi connectivity index (χ3v) is 3.48. The van der Waals surface area contributed by atoms with Crippen LogP contribution < -0.4 is 10.1 Å². The van der Waals surface area contributed by atoms with E-state index >= 15 is 0 Å². The fourth-order valence-electron chi connectivity index (χ4n) is 2.25. The average molecular weight is 306 g/mol. The van der Waals surface area contributed by atoms with E-state index in [2.05, 4.69) is 5.32 Å². The quantitative estimate of drug-likeness (QED) is 0.918. The molecule has 1 aromatic carbocycles. The summed E-state index contributed by atoms with van der Waals surface area (Å²) in [5, 5.41) is 2.67. The number of nitrogens with zero attached hydrogens (tertiary/aromatic N) is 1. The van der Waals surface area contributed by atoms with Crippen molar-refractivity contribution >= 4 is 12.0 Å². The largest absolute Gasteiger partial charge is 0.413 e. The van der Waals surface area contributed by atoms with E-state index in [0.29, 0.717) is 32.1 Å². The monoisotopic (exact) mass is 306 g/mol. The fraction of sp³-hybridized carbons (Fsp3) is 0.500. The molecule has 1 fully saturated rings. The molecule has 0 radical (unpaired) electrons. The summed E-state index contributed by atoms with van der Waals surface area (Å²) in [6.07, 6.45) is -0.619. The number of amides is 2. The number of carbonyl (C=O) groups is 2. The SMILES string of the molecule is CC(C)[C@@H](NC(=O)Oc1ccccc1)C(=O)N1CCOCC1. The topological polar surface area (TPSA) is 67.9 Å². The van der Waals surface area contributed by atoms with Crippen molar-refractivity contribution in [1.29, 1.82) is 0 Å². The molecule has 1 aliphatic rings. The van der Waals surface area contributed by atoms with Crippen molar-refractivity contribution in [3.05, 3.63) is 30.3 Å². The maximum absolute atomic E-state index is 12.5. The molecule has 1 aromatic rings. The van der Waals surface area contributed by atoms with Gasteiger partial charge >= 0.3 is 6.09 Å². The van der Waals surface area contributed by atoms with Crippen molar-refractivity contribution in [2.45, 2.75) is 19.9 Å². The lowest BCUT2D eigenvalue weighted by atomic mass is 10.0.